The van der Waals surface area contributed by atoms with Gasteiger partial charge in [0.05, 0.1) is 21.7 Å². The van der Waals surface area contributed by atoms with Gasteiger partial charge in [0.15, 0.2) is 0 Å². The number of halogens is 2. The molecular weight excluding hydrogens is 519 g/mol. The molecule has 3 aromatic rings. The summed E-state index contributed by atoms with van der Waals surface area (Å²) in [6.45, 7) is 5.48. The van der Waals surface area contributed by atoms with Gasteiger partial charge in [-0.25, -0.2) is 4.39 Å². The van der Waals surface area contributed by atoms with Crippen molar-refractivity contribution in [3.8, 4) is 0 Å². The summed E-state index contributed by atoms with van der Waals surface area (Å²) in [5.74, 6) is -1.06. The predicted molar refractivity (Wildman–Crippen MR) is 150 cm³/mol. The SMILES string of the molecule is Cc1c(C(=O)C(=O)N2CCN(C)CC2)c2cc(C(=O)N3CCC(Cc4ccc(F)cc4)CC3)c(Cl)cc2n1C. The quantitative estimate of drug-likeness (QED) is 0.349. The fourth-order valence-corrected chi connectivity index (χ4v) is 6.00. The molecule has 2 amide bonds. The number of Topliss-reactive ketones (excluding diaryl/α,β-unsaturated/α-hetero) is 1. The van der Waals surface area contributed by atoms with Crippen LogP contribution in [0.25, 0.3) is 10.9 Å². The summed E-state index contributed by atoms with van der Waals surface area (Å²) in [5, 5.41) is 0.896. The van der Waals surface area contributed by atoms with Gasteiger partial charge >= 0.3 is 0 Å². The number of piperazine rings is 1. The van der Waals surface area contributed by atoms with Crippen LogP contribution in [0.1, 0.15) is 44.8 Å². The van der Waals surface area contributed by atoms with E-state index in [1.54, 1.807) is 21.9 Å². The highest BCUT2D eigenvalue weighted by Crippen LogP contribution is 2.33. The topological polar surface area (TPSA) is 65.9 Å². The van der Waals surface area contributed by atoms with Gasteiger partial charge in [0.25, 0.3) is 17.6 Å². The molecule has 2 saturated heterocycles. The molecule has 3 heterocycles. The van der Waals surface area contributed by atoms with Crippen LogP contribution in [0.5, 0.6) is 0 Å². The second-order valence-corrected chi connectivity index (χ2v) is 11.3. The van der Waals surface area contributed by atoms with Crippen LogP contribution in [0.2, 0.25) is 5.02 Å². The number of carbonyl (C=O) groups excluding carboxylic acids is 3. The van der Waals surface area contributed by atoms with Crippen molar-refractivity contribution < 1.29 is 18.8 Å². The Kier molecular flexibility index (Phi) is 7.78. The first-order valence-electron chi connectivity index (χ1n) is 13.5. The summed E-state index contributed by atoms with van der Waals surface area (Å²) < 4.78 is 15.1. The third-order valence-corrected chi connectivity index (χ3v) is 8.68. The van der Waals surface area contributed by atoms with Gasteiger partial charge < -0.3 is 19.3 Å². The third-order valence-electron chi connectivity index (χ3n) is 8.36. The number of fused-ring (bicyclic) bond motifs is 1. The van der Waals surface area contributed by atoms with Crippen LogP contribution >= 0.6 is 11.6 Å². The van der Waals surface area contributed by atoms with E-state index < -0.39 is 11.7 Å². The Morgan fingerprint density at radius 1 is 0.923 bits per heavy atom. The van der Waals surface area contributed by atoms with Gasteiger partial charge in [-0.2, -0.15) is 0 Å². The minimum Gasteiger partial charge on any atom is -0.347 e. The standard InChI is InChI=1S/C30H34ClFN4O3/c1-19-27(28(37)30(39)36-14-12-33(2)13-15-36)24-17-23(25(31)18-26(24)34(19)3)29(38)35-10-8-21(9-11-35)16-20-4-6-22(32)7-5-20/h4-7,17-18,21H,8-16H2,1-3H3. The van der Waals surface area contributed by atoms with Crippen molar-refractivity contribution in [1.82, 2.24) is 19.3 Å². The van der Waals surface area contributed by atoms with E-state index in [1.807, 2.05) is 37.7 Å². The lowest BCUT2D eigenvalue weighted by Crippen LogP contribution is -2.49. The molecule has 0 spiro atoms. The zero-order chi connectivity index (χ0) is 27.8. The average molecular weight is 553 g/mol. The fraction of sp³-hybridized carbons (Fsp3) is 0.433. The van der Waals surface area contributed by atoms with Gasteiger partial charge in [0.2, 0.25) is 0 Å². The average Bonchev–Trinajstić information content (AvgIpc) is 3.17. The van der Waals surface area contributed by atoms with Crippen LogP contribution in [0.3, 0.4) is 0 Å². The van der Waals surface area contributed by atoms with E-state index in [0.29, 0.717) is 64.8 Å². The van der Waals surface area contributed by atoms with Crippen LogP contribution in [-0.4, -0.2) is 83.2 Å². The largest absolute Gasteiger partial charge is 0.347 e. The van der Waals surface area contributed by atoms with Gasteiger partial charge in [-0.15, -0.1) is 0 Å². The van der Waals surface area contributed by atoms with E-state index in [9.17, 15) is 18.8 Å². The number of nitrogens with zero attached hydrogens (tertiary/aromatic N) is 4. The summed E-state index contributed by atoms with van der Waals surface area (Å²) >= 11 is 6.62. The summed E-state index contributed by atoms with van der Waals surface area (Å²) in [5.41, 5.74) is 3.15. The second kappa shape index (κ2) is 11.1. The van der Waals surface area contributed by atoms with Crippen molar-refractivity contribution in [3.63, 3.8) is 0 Å². The number of ketones is 1. The molecule has 0 saturated carbocycles. The molecule has 2 fully saturated rings. The monoisotopic (exact) mass is 552 g/mol. The smallest absolute Gasteiger partial charge is 0.295 e. The molecule has 7 nitrogen and oxygen atoms in total. The number of piperidine rings is 1. The number of likely N-dealkylation sites (N-methyl/N-ethyl adjacent to an activating group) is 1. The minimum atomic E-state index is -0.551. The minimum absolute atomic E-state index is 0.174. The van der Waals surface area contributed by atoms with E-state index in [4.69, 9.17) is 11.6 Å². The van der Waals surface area contributed by atoms with E-state index in [-0.39, 0.29) is 11.7 Å². The first kappa shape index (κ1) is 27.3. The first-order valence-corrected chi connectivity index (χ1v) is 13.9. The van der Waals surface area contributed by atoms with Gasteiger partial charge in [-0.05, 0) is 69.0 Å². The highest BCUT2D eigenvalue weighted by atomic mass is 35.5. The van der Waals surface area contributed by atoms with Crippen molar-refractivity contribution in [1.29, 1.82) is 0 Å². The molecule has 2 aliphatic rings. The van der Waals surface area contributed by atoms with Crippen molar-refractivity contribution in [2.24, 2.45) is 13.0 Å². The van der Waals surface area contributed by atoms with Crippen LogP contribution in [0.15, 0.2) is 36.4 Å². The Balaban J connectivity index is 1.35. The lowest BCUT2D eigenvalue weighted by molar-refractivity contribution is -0.127. The lowest BCUT2D eigenvalue weighted by Gasteiger charge is -2.32. The Bertz CT molecular complexity index is 1420. The molecule has 0 N–H and O–H groups in total. The molecule has 0 atom stereocenters. The number of amides is 2. The van der Waals surface area contributed by atoms with E-state index in [0.717, 1.165) is 37.9 Å². The molecule has 0 radical (unpaired) electrons. The summed E-state index contributed by atoms with van der Waals surface area (Å²) in [7, 11) is 3.83. The first-order chi connectivity index (χ1) is 18.6. The molecule has 0 aliphatic carbocycles. The van der Waals surface area contributed by atoms with E-state index >= 15 is 0 Å². The van der Waals surface area contributed by atoms with Gasteiger partial charge in [0.1, 0.15) is 5.82 Å². The highest BCUT2D eigenvalue weighted by Gasteiger charge is 2.31. The Hall–Kier alpha value is -3.23. The summed E-state index contributed by atoms with van der Waals surface area (Å²) in [6, 6.07) is 10.00. The highest BCUT2D eigenvalue weighted by molar-refractivity contribution is 6.45. The Morgan fingerprint density at radius 2 is 1.56 bits per heavy atom. The number of hydrogen-bond donors (Lipinski definition) is 0. The van der Waals surface area contributed by atoms with Crippen molar-refractivity contribution in [3.05, 3.63) is 69.6 Å². The normalized spacial score (nSPS) is 17.2. The van der Waals surface area contributed by atoms with Gasteiger partial charge in [-0.1, -0.05) is 23.7 Å². The zero-order valence-corrected chi connectivity index (χ0v) is 23.4. The van der Waals surface area contributed by atoms with Crippen molar-refractivity contribution >= 4 is 40.1 Å². The summed E-state index contributed by atoms with van der Waals surface area (Å²) in [6.07, 6.45) is 2.54. The van der Waals surface area contributed by atoms with Crippen molar-refractivity contribution in [2.45, 2.75) is 26.2 Å². The molecule has 0 bridgehead atoms. The zero-order valence-electron chi connectivity index (χ0n) is 22.7. The number of benzene rings is 2. The maximum absolute atomic E-state index is 13.6. The van der Waals surface area contributed by atoms with Crippen LogP contribution in [0, 0.1) is 18.7 Å². The molecule has 0 unspecified atom stereocenters. The van der Waals surface area contributed by atoms with E-state index in [1.165, 1.54) is 12.1 Å². The number of hydrogen-bond acceptors (Lipinski definition) is 4. The molecular formula is C30H34ClFN4O3. The number of carbonyl (C=O) groups is 3. The maximum Gasteiger partial charge on any atom is 0.295 e. The molecule has 1 aromatic heterocycles. The molecule has 5 rings (SSSR count). The third kappa shape index (κ3) is 5.45. The number of rotatable bonds is 5. The molecule has 39 heavy (non-hydrogen) atoms. The van der Waals surface area contributed by atoms with Crippen molar-refractivity contribution in [2.75, 3.05) is 46.3 Å². The predicted octanol–water partition coefficient (Wildman–Crippen LogP) is 4.33. The molecule has 2 aromatic carbocycles. The van der Waals surface area contributed by atoms with Crippen LogP contribution in [-0.2, 0) is 18.3 Å². The number of aryl methyl sites for hydroxylation is 1. The molecule has 2 aliphatic heterocycles. The number of likely N-dealkylation sites (tertiary alicyclic amines) is 1. The van der Waals surface area contributed by atoms with Crippen LogP contribution in [0.4, 0.5) is 4.39 Å². The number of aromatic nitrogens is 1. The molecule has 206 valence electrons. The van der Waals surface area contributed by atoms with E-state index in [2.05, 4.69) is 4.90 Å². The summed E-state index contributed by atoms with van der Waals surface area (Å²) in [4.78, 5) is 45.8. The lowest BCUT2D eigenvalue weighted by atomic mass is 9.90. The Labute approximate surface area is 233 Å². The van der Waals surface area contributed by atoms with Gasteiger partial charge in [0, 0.05) is 57.4 Å². The second-order valence-electron chi connectivity index (χ2n) is 10.9. The van der Waals surface area contributed by atoms with Crippen LogP contribution < -0.4 is 0 Å². The Morgan fingerprint density at radius 3 is 2.21 bits per heavy atom. The fourth-order valence-electron chi connectivity index (χ4n) is 5.76. The van der Waals surface area contributed by atoms with Gasteiger partial charge in [-0.3, -0.25) is 14.4 Å². The molecule has 9 heteroatoms. The maximum atomic E-state index is 13.6.